The van der Waals surface area contributed by atoms with Crippen LogP contribution in [0.2, 0.25) is 5.15 Å². The highest BCUT2D eigenvalue weighted by Crippen LogP contribution is 2.93. The summed E-state index contributed by atoms with van der Waals surface area (Å²) >= 11 is 6.32. The van der Waals surface area contributed by atoms with E-state index in [0.29, 0.717) is 41.6 Å². The first-order valence-corrected chi connectivity index (χ1v) is 17.1. The predicted molar refractivity (Wildman–Crippen MR) is 160 cm³/mol. The first-order chi connectivity index (χ1) is 20.5. The lowest BCUT2D eigenvalue weighted by molar-refractivity contribution is 0.0981. The highest BCUT2D eigenvalue weighted by molar-refractivity contribution is 7.90. The smallest absolute Gasteiger partial charge is 0.283 e. The van der Waals surface area contributed by atoms with Crippen LogP contribution in [0, 0.1) is 22.7 Å². The molecule has 2 N–H and O–H groups in total. The number of amides is 1. The number of nitrogens with one attached hydrogen (secondary N) is 2. The fourth-order valence-corrected chi connectivity index (χ4v) is 8.89. The Labute approximate surface area is 256 Å². The van der Waals surface area contributed by atoms with E-state index in [2.05, 4.69) is 39.1 Å². The minimum absolute atomic E-state index is 0.0717. The van der Waals surface area contributed by atoms with Crippen molar-refractivity contribution in [1.29, 1.82) is 0 Å². The number of rotatable bonds is 12. The molecule has 4 fully saturated rings. The molecule has 13 heteroatoms. The summed E-state index contributed by atoms with van der Waals surface area (Å²) < 4.78 is 36.9. The van der Waals surface area contributed by atoms with Gasteiger partial charge in [-0.1, -0.05) is 11.6 Å². The second-order valence-corrected chi connectivity index (χ2v) is 15.4. The van der Waals surface area contributed by atoms with E-state index >= 15 is 0 Å². The summed E-state index contributed by atoms with van der Waals surface area (Å²) in [5.74, 6) is 1.41. The van der Waals surface area contributed by atoms with Gasteiger partial charge in [-0.15, -0.1) is 5.10 Å². The van der Waals surface area contributed by atoms with Gasteiger partial charge >= 0.3 is 0 Å². The molecule has 4 aliphatic rings. The van der Waals surface area contributed by atoms with Gasteiger partial charge in [0.05, 0.1) is 12.2 Å². The van der Waals surface area contributed by atoms with Crippen LogP contribution in [-0.2, 0) is 16.6 Å². The maximum Gasteiger partial charge on any atom is 0.283 e. The summed E-state index contributed by atoms with van der Waals surface area (Å²) in [7, 11) is -4.20. The lowest BCUT2D eigenvalue weighted by Gasteiger charge is -2.17. The van der Waals surface area contributed by atoms with E-state index in [0.717, 1.165) is 38.1 Å². The van der Waals surface area contributed by atoms with E-state index in [9.17, 15) is 13.2 Å². The molecule has 0 radical (unpaired) electrons. The SMILES string of the molecule is CC1(C)C[C@H](CCCn2ccc(S(=O)(=O)NC(=O)c3ccc(-n4ccc(OCCC5C6(CC6)C56CC6)n4)nc3Cl)n2)CN1. The molecule has 3 saturated carbocycles. The lowest BCUT2D eigenvalue weighted by atomic mass is 9.94. The Hall–Kier alpha value is -2.96. The Morgan fingerprint density at radius 1 is 1.09 bits per heavy atom. The molecule has 0 aromatic carbocycles. The van der Waals surface area contributed by atoms with Gasteiger partial charge in [0.15, 0.2) is 10.8 Å². The Kier molecular flexibility index (Phi) is 6.90. The van der Waals surface area contributed by atoms with Gasteiger partial charge in [-0.2, -0.15) is 13.5 Å². The number of hydrogen-bond acceptors (Lipinski definition) is 8. The number of hydrogen-bond donors (Lipinski definition) is 2. The number of halogens is 1. The number of sulfonamides is 1. The number of nitrogens with zero attached hydrogens (tertiary/aromatic N) is 5. The van der Waals surface area contributed by atoms with Crippen LogP contribution < -0.4 is 14.8 Å². The molecule has 0 unspecified atom stereocenters. The van der Waals surface area contributed by atoms with E-state index in [1.807, 2.05) is 0 Å². The summed E-state index contributed by atoms with van der Waals surface area (Å²) in [6.07, 6.45) is 13.0. The zero-order chi connectivity index (χ0) is 30.0. The quantitative estimate of drug-likeness (QED) is 0.283. The van der Waals surface area contributed by atoms with Gasteiger partial charge in [-0.25, -0.2) is 14.4 Å². The van der Waals surface area contributed by atoms with Crippen LogP contribution >= 0.6 is 11.6 Å². The van der Waals surface area contributed by atoms with Crippen molar-refractivity contribution in [2.24, 2.45) is 22.7 Å². The average Bonchev–Trinajstić information content (AvgIpc) is 3.86. The fraction of sp³-hybridized carbons (Fsp3) is 0.600. The Bertz CT molecular complexity index is 1640. The van der Waals surface area contributed by atoms with Crippen LogP contribution in [0.3, 0.4) is 0 Å². The molecule has 3 aromatic rings. The van der Waals surface area contributed by atoms with Gasteiger partial charge in [0.25, 0.3) is 15.9 Å². The third-order valence-electron chi connectivity index (χ3n) is 10.1. The molecular weight excluding hydrogens is 590 g/mol. The van der Waals surface area contributed by atoms with Crippen LogP contribution in [0.4, 0.5) is 0 Å². The van der Waals surface area contributed by atoms with E-state index in [1.54, 1.807) is 29.2 Å². The van der Waals surface area contributed by atoms with E-state index in [4.69, 9.17) is 16.3 Å². The van der Waals surface area contributed by atoms with Crippen LogP contribution in [0.15, 0.2) is 41.7 Å². The highest BCUT2D eigenvalue weighted by Gasteiger charge is 2.85. The van der Waals surface area contributed by atoms with Gasteiger partial charge in [-0.3, -0.25) is 9.48 Å². The molecule has 3 aromatic heterocycles. The topological polar surface area (TPSA) is 133 Å². The second-order valence-electron chi connectivity index (χ2n) is 13.4. The number of aryl methyl sites for hydroxylation is 1. The van der Waals surface area contributed by atoms with Crippen LogP contribution in [0.1, 0.15) is 75.6 Å². The molecule has 4 heterocycles. The number of carbonyl (C=O) groups excluding carboxylic acids is 1. The Balaban J connectivity index is 0.913. The van der Waals surface area contributed by atoms with Gasteiger partial charge in [0.1, 0.15) is 5.15 Å². The number of aromatic nitrogens is 5. The van der Waals surface area contributed by atoms with E-state index in [-0.39, 0.29) is 21.3 Å². The molecule has 1 atom stereocenters. The zero-order valence-corrected chi connectivity index (χ0v) is 26.1. The molecular formula is C30H38ClN7O4S. The first-order valence-electron chi connectivity index (χ1n) is 15.2. The summed E-state index contributed by atoms with van der Waals surface area (Å²) in [6.45, 7) is 6.64. The average molecular weight is 628 g/mol. The van der Waals surface area contributed by atoms with Crippen molar-refractivity contribution in [2.45, 2.75) is 82.3 Å². The van der Waals surface area contributed by atoms with Crippen LogP contribution in [0.25, 0.3) is 5.82 Å². The minimum Gasteiger partial charge on any atom is -0.477 e. The Morgan fingerprint density at radius 3 is 2.53 bits per heavy atom. The number of fused-ring (bicyclic) bond motifs is 1. The van der Waals surface area contributed by atoms with Crippen molar-refractivity contribution in [2.75, 3.05) is 13.2 Å². The summed E-state index contributed by atoms with van der Waals surface area (Å²) in [5, 5.41) is 11.8. The molecule has 1 aliphatic heterocycles. The number of pyridine rings is 1. The van der Waals surface area contributed by atoms with Crippen molar-refractivity contribution < 1.29 is 17.9 Å². The van der Waals surface area contributed by atoms with Crippen molar-refractivity contribution in [1.82, 2.24) is 34.6 Å². The molecule has 1 saturated heterocycles. The fourth-order valence-electron chi connectivity index (χ4n) is 7.74. The van der Waals surface area contributed by atoms with Crippen molar-refractivity contribution >= 4 is 27.5 Å². The molecule has 7 rings (SSSR count). The summed E-state index contributed by atoms with van der Waals surface area (Å²) in [5.41, 5.74) is 1.42. The third-order valence-corrected chi connectivity index (χ3v) is 11.7. The predicted octanol–water partition coefficient (Wildman–Crippen LogP) is 4.36. The van der Waals surface area contributed by atoms with Gasteiger partial charge in [0, 0.05) is 30.5 Å². The minimum atomic E-state index is -4.20. The Morgan fingerprint density at radius 2 is 1.86 bits per heavy atom. The molecule has 2 spiro atoms. The summed E-state index contributed by atoms with van der Waals surface area (Å²) in [4.78, 5) is 17.1. The summed E-state index contributed by atoms with van der Waals surface area (Å²) in [6, 6.07) is 6.13. The maximum atomic E-state index is 12.9. The molecule has 0 bridgehead atoms. The standard InChI is InChI=1S/C30H38ClN7O4S/c1-28(2)18-20(19-32-28)4-3-14-37-15-8-25(35-37)43(40,41)36-27(39)21-5-6-23(33-26(21)31)38-16-7-24(34-38)42-17-9-22-29(10-11-29)30(22)12-13-30/h5-8,15-16,20,22,32H,3-4,9-14,17-19H2,1-2H3,(H,36,39)/t20-/m0/s1. The maximum absolute atomic E-state index is 12.9. The lowest BCUT2D eigenvalue weighted by Crippen LogP contribution is -2.31. The normalized spacial score (nSPS) is 22.6. The largest absolute Gasteiger partial charge is 0.477 e. The zero-order valence-electron chi connectivity index (χ0n) is 24.6. The van der Waals surface area contributed by atoms with Crippen molar-refractivity contribution in [3.05, 3.63) is 47.4 Å². The molecule has 43 heavy (non-hydrogen) atoms. The third kappa shape index (κ3) is 5.46. The van der Waals surface area contributed by atoms with Gasteiger partial charge in [0.2, 0.25) is 5.88 Å². The molecule has 1 amide bonds. The molecule has 3 aliphatic carbocycles. The van der Waals surface area contributed by atoms with E-state index < -0.39 is 15.9 Å². The van der Waals surface area contributed by atoms with Crippen molar-refractivity contribution in [3.63, 3.8) is 0 Å². The van der Waals surface area contributed by atoms with E-state index in [1.165, 1.54) is 42.5 Å². The van der Waals surface area contributed by atoms with Crippen molar-refractivity contribution in [3.8, 4) is 11.7 Å². The monoisotopic (exact) mass is 627 g/mol. The van der Waals surface area contributed by atoms with Crippen LogP contribution in [0.5, 0.6) is 5.88 Å². The molecule has 230 valence electrons. The number of carbonyl (C=O) groups is 1. The van der Waals surface area contributed by atoms with Crippen LogP contribution in [-0.4, -0.2) is 57.6 Å². The van der Waals surface area contributed by atoms with Gasteiger partial charge in [-0.05, 0) is 113 Å². The molecule has 11 nitrogen and oxygen atoms in total. The highest BCUT2D eigenvalue weighted by atomic mass is 35.5. The van der Waals surface area contributed by atoms with Gasteiger partial charge < -0.3 is 10.1 Å². The number of ether oxygens (including phenoxy) is 1. The second kappa shape index (κ2) is 10.3. The first kappa shape index (κ1) is 28.8.